The predicted molar refractivity (Wildman–Crippen MR) is 68.8 cm³/mol. The summed E-state index contributed by atoms with van der Waals surface area (Å²) in [6, 6.07) is 0.624. The Morgan fingerprint density at radius 2 is 2.19 bits per heavy atom. The quantitative estimate of drug-likeness (QED) is 0.576. The van der Waals surface area contributed by atoms with Gasteiger partial charge in [0.25, 0.3) is 0 Å². The Balaban J connectivity index is 1.96. The summed E-state index contributed by atoms with van der Waals surface area (Å²) < 4.78 is 5.64. The molecule has 0 heterocycles. The molecule has 0 radical (unpaired) electrons. The maximum Gasteiger partial charge on any atom is 0.0593 e. The van der Waals surface area contributed by atoms with Crippen LogP contribution in [0, 0.1) is 5.92 Å². The summed E-state index contributed by atoms with van der Waals surface area (Å²) in [7, 11) is 4.23. The van der Waals surface area contributed by atoms with Gasteiger partial charge in [0, 0.05) is 25.7 Å². The molecule has 0 amide bonds. The summed E-state index contributed by atoms with van der Waals surface area (Å²) in [6.45, 7) is 6.28. The Morgan fingerprint density at radius 3 is 2.75 bits per heavy atom. The molecule has 1 N–H and O–H groups in total. The van der Waals surface area contributed by atoms with E-state index < -0.39 is 0 Å². The van der Waals surface area contributed by atoms with E-state index >= 15 is 0 Å². The second kappa shape index (κ2) is 8.04. The van der Waals surface area contributed by atoms with Crippen LogP contribution in [0.3, 0.4) is 0 Å². The largest absolute Gasteiger partial charge is 0.380 e. The van der Waals surface area contributed by atoms with Crippen molar-refractivity contribution >= 4 is 0 Å². The molecule has 3 nitrogen and oxygen atoms in total. The molecule has 0 aromatic carbocycles. The number of likely N-dealkylation sites (N-methyl/N-ethyl adjacent to an activating group) is 2. The maximum absolute atomic E-state index is 5.64. The standard InChI is InChI=1S/C13H28N2O/c1-4-5-13(14-2)10-15(3)8-9-16-11-12-6-7-12/h12-14H,4-11H2,1-3H3. The van der Waals surface area contributed by atoms with E-state index in [0.29, 0.717) is 6.04 Å². The van der Waals surface area contributed by atoms with E-state index in [-0.39, 0.29) is 0 Å². The molecule has 96 valence electrons. The molecule has 0 aromatic heterocycles. The van der Waals surface area contributed by atoms with Gasteiger partial charge in [-0.2, -0.15) is 0 Å². The van der Waals surface area contributed by atoms with Crippen LogP contribution in [0.2, 0.25) is 0 Å². The Morgan fingerprint density at radius 1 is 1.44 bits per heavy atom. The van der Waals surface area contributed by atoms with E-state index in [1.807, 2.05) is 0 Å². The third kappa shape index (κ3) is 6.46. The highest BCUT2D eigenvalue weighted by Gasteiger charge is 2.21. The fourth-order valence-electron chi connectivity index (χ4n) is 1.90. The van der Waals surface area contributed by atoms with Crippen LogP contribution < -0.4 is 5.32 Å². The third-order valence-corrected chi connectivity index (χ3v) is 3.25. The van der Waals surface area contributed by atoms with Gasteiger partial charge in [-0.3, -0.25) is 0 Å². The van der Waals surface area contributed by atoms with Gasteiger partial charge < -0.3 is 15.0 Å². The van der Waals surface area contributed by atoms with Crippen molar-refractivity contribution in [2.75, 3.05) is 40.4 Å². The van der Waals surface area contributed by atoms with Crippen LogP contribution in [0.25, 0.3) is 0 Å². The van der Waals surface area contributed by atoms with E-state index in [4.69, 9.17) is 4.74 Å². The third-order valence-electron chi connectivity index (χ3n) is 3.25. The molecular formula is C13H28N2O. The summed E-state index contributed by atoms with van der Waals surface area (Å²) in [5.74, 6) is 0.885. The number of nitrogens with zero attached hydrogens (tertiary/aromatic N) is 1. The van der Waals surface area contributed by atoms with Gasteiger partial charge in [-0.25, -0.2) is 0 Å². The SMILES string of the molecule is CCCC(CN(C)CCOCC1CC1)NC. The highest BCUT2D eigenvalue weighted by Crippen LogP contribution is 2.28. The summed E-state index contributed by atoms with van der Waals surface area (Å²) in [5.41, 5.74) is 0. The van der Waals surface area contributed by atoms with E-state index in [1.165, 1.54) is 25.7 Å². The van der Waals surface area contributed by atoms with Crippen molar-refractivity contribution in [2.45, 2.75) is 38.6 Å². The van der Waals surface area contributed by atoms with Crippen molar-refractivity contribution in [3.63, 3.8) is 0 Å². The van der Waals surface area contributed by atoms with Gasteiger partial charge in [-0.05, 0) is 39.3 Å². The fraction of sp³-hybridized carbons (Fsp3) is 1.00. The first kappa shape index (κ1) is 13.9. The molecule has 1 unspecified atom stereocenters. The predicted octanol–water partition coefficient (Wildman–Crippen LogP) is 1.73. The van der Waals surface area contributed by atoms with E-state index in [9.17, 15) is 0 Å². The summed E-state index contributed by atoms with van der Waals surface area (Å²) in [4.78, 5) is 2.36. The lowest BCUT2D eigenvalue weighted by molar-refractivity contribution is 0.101. The van der Waals surface area contributed by atoms with Crippen molar-refractivity contribution in [3.8, 4) is 0 Å². The number of hydrogen-bond donors (Lipinski definition) is 1. The van der Waals surface area contributed by atoms with Crippen molar-refractivity contribution < 1.29 is 4.74 Å². The minimum atomic E-state index is 0.624. The number of hydrogen-bond acceptors (Lipinski definition) is 3. The van der Waals surface area contributed by atoms with E-state index in [2.05, 4.69) is 31.2 Å². The fourth-order valence-corrected chi connectivity index (χ4v) is 1.90. The highest BCUT2D eigenvalue weighted by molar-refractivity contribution is 4.72. The molecule has 0 saturated heterocycles. The first-order valence-electron chi connectivity index (χ1n) is 6.69. The zero-order chi connectivity index (χ0) is 11.8. The molecule has 1 saturated carbocycles. The Bertz CT molecular complexity index is 171. The van der Waals surface area contributed by atoms with Crippen molar-refractivity contribution in [2.24, 2.45) is 5.92 Å². The first-order valence-corrected chi connectivity index (χ1v) is 6.69. The monoisotopic (exact) mass is 228 g/mol. The second-order valence-corrected chi connectivity index (χ2v) is 5.05. The molecule has 1 fully saturated rings. The molecule has 0 bridgehead atoms. The number of ether oxygens (including phenoxy) is 1. The van der Waals surface area contributed by atoms with Crippen molar-refractivity contribution in [1.29, 1.82) is 0 Å². The molecular weight excluding hydrogens is 200 g/mol. The van der Waals surface area contributed by atoms with E-state index in [0.717, 1.165) is 32.2 Å². The van der Waals surface area contributed by atoms with Crippen LogP contribution in [0.1, 0.15) is 32.6 Å². The van der Waals surface area contributed by atoms with Crippen LogP contribution >= 0.6 is 0 Å². The minimum absolute atomic E-state index is 0.624. The topological polar surface area (TPSA) is 24.5 Å². The lowest BCUT2D eigenvalue weighted by Crippen LogP contribution is -2.38. The van der Waals surface area contributed by atoms with Crippen molar-refractivity contribution in [3.05, 3.63) is 0 Å². The Hall–Kier alpha value is -0.120. The lowest BCUT2D eigenvalue weighted by atomic mass is 10.1. The molecule has 1 aliphatic rings. The van der Waals surface area contributed by atoms with Crippen LogP contribution in [0.5, 0.6) is 0 Å². The van der Waals surface area contributed by atoms with Gasteiger partial charge in [-0.1, -0.05) is 13.3 Å². The van der Waals surface area contributed by atoms with Crippen LogP contribution in [0.15, 0.2) is 0 Å². The zero-order valence-electron chi connectivity index (χ0n) is 11.2. The molecule has 3 heteroatoms. The smallest absolute Gasteiger partial charge is 0.0593 e. The molecule has 0 spiro atoms. The Kier molecular flexibility index (Phi) is 7.01. The highest BCUT2D eigenvalue weighted by atomic mass is 16.5. The number of rotatable bonds is 10. The summed E-state index contributed by atoms with van der Waals surface area (Å²) in [6.07, 6.45) is 5.27. The molecule has 0 aliphatic heterocycles. The van der Waals surface area contributed by atoms with Gasteiger partial charge in [-0.15, -0.1) is 0 Å². The maximum atomic E-state index is 5.64. The lowest BCUT2D eigenvalue weighted by Gasteiger charge is -2.23. The molecule has 1 aliphatic carbocycles. The van der Waals surface area contributed by atoms with Gasteiger partial charge in [0.2, 0.25) is 0 Å². The summed E-state index contributed by atoms with van der Waals surface area (Å²) in [5, 5.41) is 3.37. The minimum Gasteiger partial charge on any atom is -0.380 e. The van der Waals surface area contributed by atoms with Gasteiger partial charge in [0.15, 0.2) is 0 Å². The van der Waals surface area contributed by atoms with Gasteiger partial charge in [0.1, 0.15) is 0 Å². The van der Waals surface area contributed by atoms with E-state index in [1.54, 1.807) is 0 Å². The molecule has 0 aromatic rings. The first-order chi connectivity index (χ1) is 7.76. The normalized spacial score (nSPS) is 18.0. The average Bonchev–Trinajstić information content (AvgIpc) is 3.07. The van der Waals surface area contributed by atoms with Crippen molar-refractivity contribution in [1.82, 2.24) is 10.2 Å². The second-order valence-electron chi connectivity index (χ2n) is 5.05. The molecule has 1 rings (SSSR count). The zero-order valence-corrected chi connectivity index (χ0v) is 11.2. The number of nitrogens with one attached hydrogen (secondary N) is 1. The molecule has 1 atom stereocenters. The van der Waals surface area contributed by atoms with Gasteiger partial charge >= 0.3 is 0 Å². The summed E-state index contributed by atoms with van der Waals surface area (Å²) >= 11 is 0. The Labute approximate surface area is 101 Å². The average molecular weight is 228 g/mol. The van der Waals surface area contributed by atoms with Crippen LogP contribution in [0.4, 0.5) is 0 Å². The van der Waals surface area contributed by atoms with Crippen LogP contribution in [-0.4, -0.2) is 51.3 Å². The van der Waals surface area contributed by atoms with Gasteiger partial charge in [0.05, 0.1) is 6.61 Å². The van der Waals surface area contributed by atoms with Crippen LogP contribution in [-0.2, 0) is 4.74 Å². The molecule has 16 heavy (non-hydrogen) atoms.